The summed E-state index contributed by atoms with van der Waals surface area (Å²) >= 11 is 3.06. The summed E-state index contributed by atoms with van der Waals surface area (Å²) in [6, 6.07) is 0. The van der Waals surface area contributed by atoms with Gasteiger partial charge in [0, 0.05) is 22.6 Å². The Hall–Kier alpha value is -1.01. The van der Waals surface area contributed by atoms with Gasteiger partial charge in [-0.3, -0.25) is 0 Å². The highest BCUT2D eigenvalue weighted by Gasteiger charge is 1.98. The maximum absolute atomic E-state index is 4.17. The van der Waals surface area contributed by atoms with Crippen LogP contribution in [0.15, 0.2) is 12.4 Å². The van der Waals surface area contributed by atoms with Gasteiger partial charge >= 0.3 is 0 Å². The van der Waals surface area contributed by atoms with Crippen molar-refractivity contribution in [2.75, 3.05) is 5.32 Å². The molecule has 0 unspecified atom stereocenters. The number of thiazole rings is 1. The third-order valence-corrected chi connectivity index (χ3v) is 3.00. The number of aryl methyl sites for hydroxylation is 1. The molecule has 1 N–H and O–H groups in total. The summed E-state index contributed by atoms with van der Waals surface area (Å²) in [7, 11) is 0. The van der Waals surface area contributed by atoms with Crippen molar-refractivity contribution in [2.24, 2.45) is 0 Å². The van der Waals surface area contributed by atoms with Crippen LogP contribution in [0.2, 0.25) is 0 Å². The molecule has 2 aromatic rings. The van der Waals surface area contributed by atoms with Crippen molar-refractivity contribution in [3.63, 3.8) is 0 Å². The van der Waals surface area contributed by atoms with Crippen LogP contribution in [-0.2, 0) is 6.54 Å². The van der Waals surface area contributed by atoms with Crippen LogP contribution in [0.25, 0.3) is 0 Å². The SMILES string of the molecule is Cc1ncc(CNc2cnns2)s1. The number of anilines is 1. The minimum absolute atomic E-state index is 0.801. The van der Waals surface area contributed by atoms with E-state index in [1.165, 1.54) is 16.4 Å². The zero-order valence-corrected chi connectivity index (χ0v) is 8.65. The molecule has 0 amide bonds. The minimum atomic E-state index is 0.801. The van der Waals surface area contributed by atoms with E-state index in [9.17, 15) is 0 Å². The molecule has 0 spiro atoms. The number of aromatic nitrogens is 3. The van der Waals surface area contributed by atoms with Crippen molar-refractivity contribution in [1.82, 2.24) is 14.6 Å². The monoisotopic (exact) mass is 212 g/mol. The van der Waals surface area contributed by atoms with Crippen LogP contribution >= 0.6 is 22.9 Å². The minimum Gasteiger partial charge on any atom is -0.369 e. The third kappa shape index (κ3) is 2.22. The summed E-state index contributed by atoms with van der Waals surface area (Å²) in [5.74, 6) is 0. The van der Waals surface area contributed by atoms with Crippen LogP contribution < -0.4 is 5.32 Å². The van der Waals surface area contributed by atoms with Gasteiger partial charge < -0.3 is 5.32 Å². The van der Waals surface area contributed by atoms with Crippen LogP contribution in [0.1, 0.15) is 9.88 Å². The number of hydrogen-bond donors (Lipinski definition) is 1. The Bertz CT molecular complexity index is 368. The molecule has 6 heteroatoms. The first kappa shape index (κ1) is 8.58. The van der Waals surface area contributed by atoms with Crippen LogP contribution in [0.5, 0.6) is 0 Å². The molecule has 2 aromatic heterocycles. The molecule has 0 saturated carbocycles. The molecule has 0 aliphatic rings. The highest BCUT2D eigenvalue weighted by Crippen LogP contribution is 2.15. The maximum Gasteiger partial charge on any atom is 0.130 e. The van der Waals surface area contributed by atoms with Gasteiger partial charge in [0.2, 0.25) is 0 Å². The molecule has 0 fully saturated rings. The topological polar surface area (TPSA) is 50.7 Å². The lowest BCUT2D eigenvalue weighted by Crippen LogP contribution is -1.94. The van der Waals surface area contributed by atoms with Crippen molar-refractivity contribution in [3.8, 4) is 0 Å². The quantitative estimate of drug-likeness (QED) is 0.844. The number of nitrogens with one attached hydrogen (secondary N) is 1. The zero-order valence-electron chi connectivity index (χ0n) is 7.02. The van der Waals surface area contributed by atoms with Crippen LogP contribution in [0, 0.1) is 6.92 Å². The fourth-order valence-electron chi connectivity index (χ4n) is 0.906. The van der Waals surface area contributed by atoms with Gasteiger partial charge in [0.1, 0.15) is 5.00 Å². The Morgan fingerprint density at radius 3 is 3.00 bits per heavy atom. The lowest BCUT2D eigenvalue weighted by atomic mass is 10.5. The molecule has 0 bridgehead atoms. The second kappa shape index (κ2) is 3.80. The first-order valence-corrected chi connectivity index (χ1v) is 5.36. The van der Waals surface area contributed by atoms with E-state index >= 15 is 0 Å². The number of rotatable bonds is 3. The Morgan fingerprint density at radius 1 is 1.46 bits per heavy atom. The van der Waals surface area contributed by atoms with Gasteiger partial charge in [-0.2, -0.15) is 0 Å². The Kier molecular flexibility index (Phi) is 2.51. The molecular weight excluding hydrogens is 204 g/mol. The molecule has 68 valence electrons. The van der Waals surface area contributed by atoms with E-state index in [2.05, 4.69) is 19.9 Å². The summed E-state index contributed by atoms with van der Waals surface area (Å²) in [5, 5.41) is 9.04. The fourth-order valence-corrected chi connectivity index (χ4v) is 2.05. The summed E-state index contributed by atoms with van der Waals surface area (Å²) in [4.78, 5) is 5.39. The molecule has 0 radical (unpaired) electrons. The van der Waals surface area contributed by atoms with E-state index in [4.69, 9.17) is 0 Å². The van der Waals surface area contributed by atoms with Crippen LogP contribution in [0.3, 0.4) is 0 Å². The first-order valence-electron chi connectivity index (χ1n) is 3.77. The van der Waals surface area contributed by atoms with Crippen LogP contribution in [-0.4, -0.2) is 14.6 Å². The molecule has 0 aliphatic carbocycles. The lowest BCUT2D eigenvalue weighted by Gasteiger charge is -1.96. The van der Waals surface area contributed by atoms with Crippen molar-refractivity contribution in [3.05, 3.63) is 22.3 Å². The first-order chi connectivity index (χ1) is 6.34. The molecule has 2 rings (SSSR count). The van der Waals surface area contributed by atoms with Gasteiger partial charge in [-0.1, -0.05) is 4.49 Å². The van der Waals surface area contributed by atoms with Crippen LogP contribution in [0.4, 0.5) is 5.00 Å². The fraction of sp³-hybridized carbons (Fsp3) is 0.286. The standard InChI is InChI=1S/C7H8N4S2/c1-5-8-2-6(12-5)3-9-7-4-10-11-13-7/h2,4,9H,3H2,1H3. The van der Waals surface area contributed by atoms with E-state index in [0.717, 1.165) is 16.6 Å². The smallest absolute Gasteiger partial charge is 0.130 e. The molecule has 4 nitrogen and oxygen atoms in total. The molecular formula is C7H8N4S2. The molecule has 0 atom stereocenters. The molecule has 0 saturated heterocycles. The van der Waals surface area contributed by atoms with Gasteiger partial charge in [0.05, 0.1) is 17.7 Å². The second-order valence-electron chi connectivity index (χ2n) is 2.48. The van der Waals surface area contributed by atoms with Gasteiger partial charge in [0.25, 0.3) is 0 Å². The van der Waals surface area contributed by atoms with Gasteiger partial charge in [0.15, 0.2) is 0 Å². The van der Waals surface area contributed by atoms with Crippen molar-refractivity contribution in [2.45, 2.75) is 13.5 Å². The van der Waals surface area contributed by atoms with E-state index < -0.39 is 0 Å². The molecule has 0 aliphatic heterocycles. The van der Waals surface area contributed by atoms with E-state index in [1.807, 2.05) is 13.1 Å². The second-order valence-corrected chi connectivity index (χ2v) is 4.59. The highest BCUT2D eigenvalue weighted by atomic mass is 32.1. The summed E-state index contributed by atoms with van der Waals surface area (Å²) in [5.41, 5.74) is 0. The average Bonchev–Trinajstić information content (AvgIpc) is 2.71. The molecule has 2 heterocycles. The molecule has 13 heavy (non-hydrogen) atoms. The predicted octanol–water partition coefficient (Wildman–Crippen LogP) is 1.92. The van der Waals surface area contributed by atoms with Crippen molar-refractivity contribution in [1.29, 1.82) is 0 Å². The maximum atomic E-state index is 4.17. The predicted molar refractivity (Wildman–Crippen MR) is 54.1 cm³/mol. The summed E-state index contributed by atoms with van der Waals surface area (Å²) in [6.45, 7) is 2.80. The Labute approximate surface area is 83.8 Å². The van der Waals surface area contributed by atoms with Gasteiger partial charge in [-0.25, -0.2) is 4.98 Å². The Balaban J connectivity index is 1.93. The van der Waals surface area contributed by atoms with E-state index in [-0.39, 0.29) is 0 Å². The van der Waals surface area contributed by atoms with Gasteiger partial charge in [-0.15, -0.1) is 16.4 Å². The summed E-state index contributed by atoms with van der Waals surface area (Å²) < 4.78 is 3.76. The van der Waals surface area contributed by atoms with Gasteiger partial charge in [-0.05, 0) is 6.92 Å². The zero-order chi connectivity index (χ0) is 9.10. The van der Waals surface area contributed by atoms with Crippen molar-refractivity contribution >= 4 is 27.9 Å². The Morgan fingerprint density at radius 2 is 2.38 bits per heavy atom. The normalized spacial score (nSPS) is 10.2. The summed E-state index contributed by atoms with van der Waals surface area (Å²) in [6.07, 6.45) is 3.61. The third-order valence-electron chi connectivity index (χ3n) is 1.47. The average molecular weight is 212 g/mol. The number of hydrogen-bond acceptors (Lipinski definition) is 6. The molecule has 0 aromatic carbocycles. The highest BCUT2D eigenvalue weighted by molar-refractivity contribution is 7.11. The van der Waals surface area contributed by atoms with E-state index in [1.54, 1.807) is 17.5 Å². The van der Waals surface area contributed by atoms with Crippen molar-refractivity contribution < 1.29 is 0 Å². The lowest BCUT2D eigenvalue weighted by molar-refractivity contribution is 1.14. The van der Waals surface area contributed by atoms with E-state index in [0.29, 0.717) is 0 Å². The largest absolute Gasteiger partial charge is 0.369 e. The number of nitrogens with zero attached hydrogens (tertiary/aromatic N) is 3.